The van der Waals surface area contributed by atoms with E-state index in [0.29, 0.717) is 0 Å². The first-order chi connectivity index (χ1) is 8.02. The van der Waals surface area contributed by atoms with Crippen LogP contribution in [0.3, 0.4) is 0 Å². The third-order valence-corrected chi connectivity index (χ3v) is 2.03. The van der Waals surface area contributed by atoms with E-state index in [9.17, 15) is 9.59 Å². The lowest BCUT2D eigenvalue weighted by molar-refractivity contribution is 0.0959. The van der Waals surface area contributed by atoms with Gasteiger partial charge in [0.2, 0.25) is 0 Å². The maximum absolute atomic E-state index is 11.8. The van der Waals surface area contributed by atoms with Crippen molar-refractivity contribution < 1.29 is 9.59 Å². The first-order valence-corrected chi connectivity index (χ1v) is 4.79. The molecule has 2 amide bonds. The third kappa shape index (κ3) is 2.52. The minimum Gasteiger partial charge on any atom is -0.383 e. The van der Waals surface area contributed by atoms with Crippen molar-refractivity contribution in [2.24, 2.45) is 5.84 Å². The van der Waals surface area contributed by atoms with Crippen LogP contribution in [0, 0.1) is 0 Å². The van der Waals surface area contributed by atoms with Crippen molar-refractivity contribution in [2.75, 3.05) is 26.5 Å². The number of aromatic nitrogens is 2. The molecule has 0 fully saturated rings. The molecule has 9 nitrogen and oxygen atoms in total. The molecule has 9 heteroatoms. The van der Waals surface area contributed by atoms with Crippen LogP contribution in [-0.4, -0.2) is 47.3 Å². The smallest absolute Gasteiger partial charge is 0.346 e. The molecule has 0 aliphatic heterocycles. The molecule has 0 unspecified atom stereocenters. The number of nitrogens with one attached hydrogen (secondary N) is 2. The maximum atomic E-state index is 11.8. The first-order valence-electron chi connectivity index (χ1n) is 4.79. The van der Waals surface area contributed by atoms with Crippen molar-refractivity contribution >= 4 is 17.8 Å². The van der Waals surface area contributed by atoms with Crippen molar-refractivity contribution in [1.82, 2.24) is 25.2 Å². The minimum absolute atomic E-state index is 0.0151. The van der Waals surface area contributed by atoms with Crippen molar-refractivity contribution in [3.63, 3.8) is 0 Å². The molecule has 1 rings (SSSR count). The summed E-state index contributed by atoms with van der Waals surface area (Å²) in [6, 6.07) is -0.584. The average molecular weight is 241 g/mol. The van der Waals surface area contributed by atoms with Crippen LogP contribution in [0.25, 0.3) is 0 Å². The van der Waals surface area contributed by atoms with Crippen LogP contribution in [0.5, 0.6) is 0 Å². The van der Waals surface area contributed by atoms with Gasteiger partial charge in [-0.25, -0.2) is 25.2 Å². The van der Waals surface area contributed by atoms with Gasteiger partial charge in [0.15, 0.2) is 5.69 Å². The van der Waals surface area contributed by atoms with E-state index in [4.69, 9.17) is 11.6 Å². The molecular formula is C8H15N7O2. The van der Waals surface area contributed by atoms with Crippen molar-refractivity contribution in [2.45, 2.75) is 0 Å². The zero-order chi connectivity index (χ0) is 13.0. The second kappa shape index (κ2) is 5.27. The number of hydrogen-bond donors (Lipinski definition) is 4. The number of hydrogen-bond acceptors (Lipinski definition) is 6. The number of nitrogen functional groups attached to an aromatic ring is 1. The fraction of sp³-hybridized carbons (Fsp3) is 0.375. The molecule has 0 radical (unpaired) electrons. The maximum Gasteiger partial charge on any atom is 0.346 e. The van der Waals surface area contributed by atoms with E-state index in [1.54, 1.807) is 7.05 Å². The lowest BCUT2D eigenvalue weighted by atomic mass is 10.4. The molecule has 1 heterocycles. The van der Waals surface area contributed by atoms with Crippen LogP contribution in [0.1, 0.15) is 10.5 Å². The lowest BCUT2D eigenvalue weighted by Crippen LogP contribution is -2.45. The van der Waals surface area contributed by atoms with E-state index >= 15 is 0 Å². The summed E-state index contributed by atoms with van der Waals surface area (Å²) in [4.78, 5) is 26.8. The van der Waals surface area contributed by atoms with Gasteiger partial charge in [0, 0.05) is 7.05 Å². The lowest BCUT2D eigenvalue weighted by Gasteiger charge is -2.16. The fourth-order valence-electron chi connectivity index (χ4n) is 1.18. The van der Waals surface area contributed by atoms with Crippen molar-refractivity contribution in [3.8, 4) is 0 Å². The molecule has 0 saturated heterocycles. The normalized spacial score (nSPS) is 10.1. The van der Waals surface area contributed by atoms with Crippen LogP contribution in [0.4, 0.5) is 10.6 Å². The molecule has 1 aromatic heterocycles. The number of nitrogens with two attached hydrogens (primary N) is 2. The largest absolute Gasteiger partial charge is 0.383 e. The van der Waals surface area contributed by atoms with Gasteiger partial charge >= 0.3 is 6.03 Å². The van der Waals surface area contributed by atoms with Crippen LogP contribution in [0.15, 0.2) is 6.33 Å². The van der Waals surface area contributed by atoms with E-state index in [1.807, 2.05) is 0 Å². The topological polar surface area (TPSA) is 131 Å². The summed E-state index contributed by atoms with van der Waals surface area (Å²) >= 11 is 0. The number of rotatable bonds is 3. The Morgan fingerprint density at radius 3 is 2.71 bits per heavy atom. The Morgan fingerprint density at radius 1 is 1.53 bits per heavy atom. The van der Waals surface area contributed by atoms with E-state index < -0.39 is 11.9 Å². The molecule has 0 atom stereocenters. The Bertz CT molecular complexity index is 428. The quantitative estimate of drug-likeness (QED) is 0.212. The van der Waals surface area contributed by atoms with E-state index in [1.165, 1.54) is 7.05 Å². The Kier molecular flexibility index (Phi) is 4.01. The SMILES string of the molecule is CNCN(N)C(=O)n1cnc(C(=O)NC)c1N. The molecule has 0 spiro atoms. The monoisotopic (exact) mass is 241 g/mol. The second-order valence-electron chi connectivity index (χ2n) is 3.19. The first kappa shape index (κ1) is 12.9. The van der Waals surface area contributed by atoms with E-state index in [-0.39, 0.29) is 18.2 Å². The zero-order valence-corrected chi connectivity index (χ0v) is 9.60. The summed E-state index contributed by atoms with van der Waals surface area (Å²) in [5.41, 5.74) is 5.62. The molecule has 0 bridgehead atoms. The van der Waals surface area contributed by atoms with Gasteiger partial charge < -0.3 is 16.4 Å². The number of imidazole rings is 1. The van der Waals surface area contributed by atoms with Gasteiger partial charge in [-0.3, -0.25) is 4.79 Å². The molecular weight excluding hydrogens is 226 g/mol. The standard InChI is InChI=1S/C8H15N7O2/c1-11-3-15(10)8(17)14-4-13-5(6(14)9)7(16)12-2/h4,11H,3,9-10H2,1-2H3,(H,12,16). The fourth-order valence-corrected chi connectivity index (χ4v) is 1.18. The van der Waals surface area contributed by atoms with Gasteiger partial charge in [0.1, 0.15) is 12.1 Å². The van der Waals surface area contributed by atoms with Crippen molar-refractivity contribution in [3.05, 3.63) is 12.0 Å². The van der Waals surface area contributed by atoms with Crippen molar-refractivity contribution in [1.29, 1.82) is 0 Å². The predicted molar refractivity (Wildman–Crippen MR) is 60.8 cm³/mol. The van der Waals surface area contributed by atoms with Gasteiger partial charge in [-0.15, -0.1) is 0 Å². The third-order valence-electron chi connectivity index (χ3n) is 2.03. The van der Waals surface area contributed by atoms with E-state index in [0.717, 1.165) is 15.9 Å². The molecule has 6 N–H and O–H groups in total. The molecule has 0 saturated carbocycles. The van der Waals surface area contributed by atoms with Crippen LogP contribution in [0.2, 0.25) is 0 Å². The number of nitrogens with zero attached hydrogens (tertiary/aromatic N) is 3. The number of carbonyl (C=O) groups excluding carboxylic acids is 2. The summed E-state index contributed by atoms with van der Waals surface area (Å²) in [7, 11) is 3.08. The Hall–Kier alpha value is -2.13. The summed E-state index contributed by atoms with van der Waals surface area (Å²) in [6.45, 7) is 0.145. The number of anilines is 1. The second-order valence-corrected chi connectivity index (χ2v) is 3.19. The van der Waals surface area contributed by atoms with Crippen LogP contribution >= 0.6 is 0 Å². The van der Waals surface area contributed by atoms with Crippen LogP contribution < -0.4 is 22.2 Å². The average Bonchev–Trinajstić information content (AvgIpc) is 2.69. The van der Waals surface area contributed by atoms with Gasteiger partial charge in [-0.1, -0.05) is 0 Å². The van der Waals surface area contributed by atoms with Gasteiger partial charge in [-0.05, 0) is 7.05 Å². The molecule has 1 aromatic rings. The van der Waals surface area contributed by atoms with E-state index in [2.05, 4.69) is 15.6 Å². The molecule has 0 aromatic carbocycles. The highest BCUT2D eigenvalue weighted by molar-refractivity contribution is 5.98. The Balaban J connectivity index is 2.97. The van der Waals surface area contributed by atoms with Gasteiger partial charge in [0.25, 0.3) is 5.91 Å². The highest BCUT2D eigenvalue weighted by Crippen LogP contribution is 2.10. The number of hydrazine groups is 1. The highest BCUT2D eigenvalue weighted by Gasteiger charge is 2.20. The predicted octanol–water partition coefficient (Wildman–Crippen LogP) is -1.85. The molecule has 17 heavy (non-hydrogen) atoms. The van der Waals surface area contributed by atoms with Crippen LogP contribution in [-0.2, 0) is 0 Å². The molecule has 0 aliphatic rings. The number of amides is 2. The summed E-state index contributed by atoms with van der Waals surface area (Å²) < 4.78 is 1.00. The summed E-state index contributed by atoms with van der Waals surface area (Å²) in [5, 5.41) is 5.98. The Morgan fingerprint density at radius 2 is 2.18 bits per heavy atom. The summed E-state index contributed by atoms with van der Waals surface area (Å²) in [6.07, 6.45) is 1.15. The molecule has 0 aliphatic carbocycles. The van der Waals surface area contributed by atoms with Gasteiger partial charge in [-0.2, -0.15) is 0 Å². The zero-order valence-electron chi connectivity index (χ0n) is 9.60. The van der Waals surface area contributed by atoms with Gasteiger partial charge in [0.05, 0.1) is 6.67 Å². The highest BCUT2D eigenvalue weighted by atomic mass is 16.2. The Labute approximate surface area is 97.7 Å². The minimum atomic E-state index is -0.584. The molecule has 94 valence electrons. The summed E-state index contributed by atoms with van der Waals surface area (Å²) in [5.74, 6) is 4.94. The number of carbonyl (C=O) groups is 2.